The maximum atomic E-state index is 6.57. The number of benzene rings is 11. The van der Waals surface area contributed by atoms with Gasteiger partial charge in [0.1, 0.15) is 11.2 Å². The molecule has 0 bridgehead atoms. The summed E-state index contributed by atoms with van der Waals surface area (Å²) >= 11 is 0. The van der Waals surface area contributed by atoms with Crippen LogP contribution in [0.25, 0.3) is 110 Å². The highest BCUT2D eigenvalue weighted by Crippen LogP contribution is 2.57. The van der Waals surface area contributed by atoms with Crippen LogP contribution in [0.5, 0.6) is 0 Å². The van der Waals surface area contributed by atoms with Crippen LogP contribution in [0.15, 0.2) is 227 Å². The molecule has 0 aliphatic heterocycles. The minimum atomic E-state index is -0.571. The fourth-order valence-electron chi connectivity index (χ4n) is 11.1. The second-order valence-corrected chi connectivity index (χ2v) is 17.1. The highest BCUT2D eigenvalue weighted by atomic mass is 16.4. The van der Waals surface area contributed by atoms with Gasteiger partial charge in [-0.1, -0.05) is 170 Å². The molecule has 0 atom stereocenters. The molecule has 2 heterocycles. The number of rotatable bonds is 4. The van der Waals surface area contributed by atoms with E-state index < -0.39 is 5.41 Å². The van der Waals surface area contributed by atoms with Crippen molar-refractivity contribution in [3.8, 4) is 33.4 Å². The van der Waals surface area contributed by atoms with Crippen molar-refractivity contribution in [3.63, 3.8) is 0 Å². The topological polar surface area (TPSA) is 26.3 Å². The van der Waals surface area contributed by atoms with E-state index in [0.717, 1.165) is 55.0 Å². The van der Waals surface area contributed by atoms with E-state index in [1.807, 2.05) is 12.1 Å². The molecule has 0 unspecified atom stereocenters. The first kappa shape index (κ1) is 34.5. The Morgan fingerprint density at radius 1 is 0.254 bits per heavy atom. The van der Waals surface area contributed by atoms with E-state index in [2.05, 4.69) is 206 Å². The Morgan fingerprint density at radius 2 is 0.635 bits per heavy atom. The van der Waals surface area contributed by atoms with Gasteiger partial charge in [0.2, 0.25) is 0 Å². The van der Waals surface area contributed by atoms with Crippen LogP contribution in [0.4, 0.5) is 0 Å². The van der Waals surface area contributed by atoms with Crippen molar-refractivity contribution in [2.75, 3.05) is 0 Å². The number of furan rings is 2. The molecule has 2 aromatic heterocycles. The Kier molecular flexibility index (Phi) is 7.07. The van der Waals surface area contributed by atoms with Gasteiger partial charge in [-0.3, -0.25) is 0 Å². The third kappa shape index (κ3) is 4.78. The maximum Gasteiger partial charge on any atom is 0.178 e. The van der Waals surface area contributed by atoms with E-state index in [1.54, 1.807) is 0 Å². The molecular formula is C61H36O2. The van der Waals surface area contributed by atoms with Crippen LogP contribution in [0.1, 0.15) is 22.3 Å². The summed E-state index contributed by atoms with van der Waals surface area (Å²) in [5.74, 6) is 0. The van der Waals surface area contributed by atoms with Crippen molar-refractivity contribution < 1.29 is 8.83 Å². The Hall–Kier alpha value is -8.20. The second kappa shape index (κ2) is 12.9. The van der Waals surface area contributed by atoms with Crippen LogP contribution in [0.3, 0.4) is 0 Å². The molecule has 0 spiro atoms. The van der Waals surface area contributed by atoms with Crippen molar-refractivity contribution in [1.29, 1.82) is 0 Å². The number of hydrogen-bond donors (Lipinski definition) is 0. The summed E-state index contributed by atoms with van der Waals surface area (Å²) in [7, 11) is 0. The summed E-state index contributed by atoms with van der Waals surface area (Å²) in [5, 5.41) is 12.0. The lowest BCUT2D eigenvalue weighted by Gasteiger charge is -2.34. The van der Waals surface area contributed by atoms with E-state index in [4.69, 9.17) is 8.83 Å². The highest BCUT2D eigenvalue weighted by molar-refractivity contribution is 6.26. The van der Waals surface area contributed by atoms with Gasteiger partial charge < -0.3 is 8.83 Å². The van der Waals surface area contributed by atoms with Crippen LogP contribution < -0.4 is 0 Å². The van der Waals surface area contributed by atoms with Crippen LogP contribution in [-0.4, -0.2) is 0 Å². The molecule has 63 heavy (non-hydrogen) atoms. The van der Waals surface area contributed by atoms with Crippen LogP contribution in [0, 0.1) is 0 Å². The van der Waals surface area contributed by atoms with Crippen molar-refractivity contribution in [2.45, 2.75) is 5.41 Å². The van der Waals surface area contributed by atoms with Crippen LogP contribution >= 0.6 is 0 Å². The predicted molar refractivity (Wildman–Crippen MR) is 262 cm³/mol. The molecule has 0 fully saturated rings. The van der Waals surface area contributed by atoms with E-state index in [-0.39, 0.29) is 0 Å². The first-order valence-electron chi connectivity index (χ1n) is 21.7. The Morgan fingerprint density at radius 3 is 1.21 bits per heavy atom. The van der Waals surface area contributed by atoms with Crippen LogP contribution in [0.2, 0.25) is 0 Å². The largest absolute Gasteiger partial charge is 0.452 e. The summed E-state index contributed by atoms with van der Waals surface area (Å²) in [6, 6.07) is 80.3. The summed E-state index contributed by atoms with van der Waals surface area (Å²) in [6.07, 6.45) is 0. The summed E-state index contributed by atoms with van der Waals surface area (Å²) in [4.78, 5) is 0. The lowest BCUT2D eigenvalue weighted by Crippen LogP contribution is -2.28. The van der Waals surface area contributed by atoms with Gasteiger partial charge in [-0.05, 0) is 136 Å². The van der Waals surface area contributed by atoms with Gasteiger partial charge in [-0.2, -0.15) is 0 Å². The average Bonchev–Trinajstić information content (AvgIpc) is 4.02. The normalized spacial score (nSPS) is 13.2. The quantitative estimate of drug-likeness (QED) is 0.166. The first-order valence-corrected chi connectivity index (χ1v) is 21.7. The monoisotopic (exact) mass is 800 g/mol. The summed E-state index contributed by atoms with van der Waals surface area (Å²) in [6.45, 7) is 0. The Labute approximate surface area is 362 Å². The lowest BCUT2D eigenvalue weighted by atomic mass is 9.67. The molecule has 0 radical (unpaired) electrons. The molecule has 2 nitrogen and oxygen atoms in total. The zero-order chi connectivity index (χ0) is 41.2. The van der Waals surface area contributed by atoms with E-state index in [9.17, 15) is 0 Å². The first-order chi connectivity index (χ1) is 31.2. The molecule has 0 saturated carbocycles. The molecule has 1 aliphatic carbocycles. The second-order valence-electron chi connectivity index (χ2n) is 17.1. The van der Waals surface area contributed by atoms with Crippen molar-refractivity contribution in [1.82, 2.24) is 0 Å². The van der Waals surface area contributed by atoms with Gasteiger partial charge in [-0.25, -0.2) is 0 Å². The van der Waals surface area contributed by atoms with E-state index >= 15 is 0 Å². The van der Waals surface area contributed by atoms with Crippen molar-refractivity contribution in [3.05, 3.63) is 241 Å². The molecule has 2 heteroatoms. The molecule has 292 valence electrons. The van der Waals surface area contributed by atoms with Gasteiger partial charge in [0.25, 0.3) is 0 Å². The summed E-state index contributed by atoms with van der Waals surface area (Å²) in [5.41, 5.74) is 15.0. The highest BCUT2D eigenvalue weighted by Gasteiger charge is 2.46. The standard InChI is InChI=1S/C61H36O2/c1-3-13-41(14-4-1)61(42-15-5-2-6-16-42)55-35-39(37-23-27-47-45-19-8-7-17-43(45)44-18-9-10-20-46(44)53(47)33-37)24-28-48(55)49-29-25-40(36-56(49)61)38-26-32-58-54(34-38)52-31-30-51-50-21-11-12-22-57(50)62-59(51)60(52)63-58/h1-36H. The fraction of sp³-hybridized carbons (Fsp3) is 0.0164. The minimum absolute atomic E-state index is 0.571. The molecule has 14 rings (SSSR count). The van der Waals surface area contributed by atoms with Gasteiger partial charge >= 0.3 is 0 Å². The number of para-hydroxylation sites is 1. The molecule has 0 N–H and O–H groups in total. The van der Waals surface area contributed by atoms with Gasteiger partial charge in [0.15, 0.2) is 11.2 Å². The zero-order valence-corrected chi connectivity index (χ0v) is 34.1. The van der Waals surface area contributed by atoms with Crippen LogP contribution in [-0.2, 0) is 5.41 Å². The molecular weight excluding hydrogens is 765 g/mol. The lowest BCUT2D eigenvalue weighted by molar-refractivity contribution is 0.633. The van der Waals surface area contributed by atoms with Gasteiger partial charge in [-0.15, -0.1) is 0 Å². The number of fused-ring (bicyclic) bond motifs is 16. The fourth-order valence-corrected chi connectivity index (χ4v) is 11.1. The minimum Gasteiger partial charge on any atom is -0.452 e. The van der Waals surface area contributed by atoms with Gasteiger partial charge in [0, 0.05) is 21.5 Å². The molecule has 11 aromatic carbocycles. The van der Waals surface area contributed by atoms with Crippen molar-refractivity contribution >= 4 is 76.2 Å². The molecule has 13 aromatic rings. The summed E-state index contributed by atoms with van der Waals surface area (Å²) < 4.78 is 13.0. The third-order valence-corrected chi connectivity index (χ3v) is 13.9. The molecule has 1 aliphatic rings. The smallest absolute Gasteiger partial charge is 0.178 e. The van der Waals surface area contributed by atoms with Gasteiger partial charge in [0.05, 0.1) is 5.41 Å². The van der Waals surface area contributed by atoms with E-state index in [0.29, 0.717) is 0 Å². The predicted octanol–water partition coefficient (Wildman–Crippen LogP) is 16.6. The number of hydrogen-bond acceptors (Lipinski definition) is 2. The maximum absolute atomic E-state index is 6.57. The Balaban J connectivity index is 0.978. The third-order valence-electron chi connectivity index (χ3n) is 13.9. The SMILES string of the molecule is c1ccc(C2(c3ccccc3)c3cc(-c4ccc5oc6c(ccc7c8ccccc8oc76)c5c4)ccc3-c3ccc(-c4ccc5c6ccccc6c6ccccc6c5c4)cc32)cc1. The van der Waals surface area contributed by atoms with E-state index in [1.165, 1.54) is 76.8 Å². The zero-order valence-electron chi connectivity index (χ0n) is 34.1. The Bertz CT molecular complexity index is 3940. The molecule has 0 saturated heterocycles. The average molecular weight is 801 g/mol. The molecule has 0 amide bonds. The van der Waals surface area contributed by atoms with Crippen molar-refractivity contribution in [2.24, 2.45) is 0 Å².